The van der Waals surface area contributed by atoms with Gasteiger partial charge in [0.25, 0.3) is 0 Å². The first kappa shape index (κ1) is 23.6. The molecule has 0 bridgehead atoms. The van der Waals surface area contributed by atoms with Crippen LogP contribution >= 0.6 is 11.6 Å². The van der Waals surface area contributed by atoms with E-state index in [2.05, 4.69) is 36.0 Å². The summed E-state index contributed by atoms with van der Waals surface area (Å²) in [6.07, 6.45) is 4.21. The van der Waals surface area contributed by atoms with Gasteiger partial charge in [0.2, 0.25) is 0 Å². The molecule has 7 nitrogen and oxygen atoms in total. The van der Waals surface area contributed by atoms with Crippen molar-refractivity contribution in [3.63, 3.8) is 0 Å². The Hall–Kier alpha value is -1.45. The number of nitrogens with zero attached hydrogens (tertiary/aromatic N) is 2. The number of fused-ring (bicyclic) bond motifs is 1. The van der Waals surface area contributed by atoms with Crippen molar-refractivity contribution in [2.24, 2.45) is 0 Å². The third-order valence-electron chi connectivity index (χ3n) is 4.11. The minimum Gasteiger partial charge on any atom is -0.759 e. The first-order chi connectivity index (χ1) is 12.6. The predicted molar refractivity (Wildman–Crippen MR) is 107 cm³/mol. The third kappa shape index (κ3) is 9.88. The number of anilines is 1. The Morgan fingerprint density at radius 1 is 1.22 bits per heavy atom. The highest BCUT2D eigenvalue weighted by atomic mass is 35.5. The summed E-state index contributed by atoms with van der Waals surface area (Å²) in [6.45, 7) is 10.1. The second-order valence-corrected chi connectivity index (χ2v) is 7.40. The summed E-state index contributed by atoms with van der Waals surface area (Å²) in [5.74, 6) is 0. The van der Waals surface area contributed by atoms with Crippen molar-refractivity contribution in [3.05, 3.63) is 35.5 Å². The van der Waals surface area contributed by atoms with Gasteiger partial charge in [-0.2, -0.15) is 0 Å². The smallest absolute Gasteiger partial charge is 0.0737 e. The zero-order valence-corrected chi connectivity index (χ0v) is 17.4. The molecule has 0 saturated carbocycles. The molecule has 1 heterocycles. The maximum absolute atomic E-state index is 8.52. The summed E-state index contributed by atoms with van der Waals surface area (Å²) in [6, 6.07) is 8.35. The van der Waals surface area contributed by atoms with Crippen molar-refractivity contribution in [2.75, 3.05) is 25.0 Å². The fourth-order valence-corrected chi connectivity index (χ4v) is 2.91. The summed E-state index contributed by atoms with van der Waals surface area (Å²) < 4.78 is 34.1. The zero-order valence-electron chi connectivity index (χ0n) is 15.8. The van der Waals surface area contributed by atoms with E-state index in [0.717, 1.165) is 41.1 Å². The molecule has 0 spiro atoms. The summed E-state index contributed by atoms with van der Waals surface area (Å²) in [5, 5.41) is 5.47. The molecule has 1 atom stereocenters. The van der Waals surface area contributed by atoms with E-state index in [1.807, 2.05) is 30.5 Å². The fourth-order valence-electron chi connectivity index (χ4n) is 2.75. The van der Waals surface area contributed by atoms with Crippen LogP contribution in [0.5, 0.6) is 0 Å². The summed E-state index contributed by atoms with van der Waals surface area (Å²) in [4.78, 5) is 6.86. The minimum atomic E-state index is -5.17. The number of hydrogen-bond donors (Lipinski definition) is 1. The van der Waals surface area contributed by atoms with Gasteiger partial charge in [-0.15, -0.1) is 0 Å². The van der Waals surface area contributed by atoms with Crippen LogP contribution in [0.2, 0.25) is 5.02 Å². The first-order valence-corrected chi connectivity index (χ1v) is 10.5. The van der Waals surface area contributed by atoms with Gasteiger partial charge in [0.05, 0.1) is 5.52 Å². The van der Waals surface area contributed by atoms with Gasteiger partial charge in [-0.3, -0.25) is 13.4 Å². The van der Waals surface area contributed by atoms with E-state index >= 15 is 0 Å². The first-order valence-electron chi connectivity index (χ1n) is 8.83. The van der Waals surface area contributed by atoms with Gasteiger partial charge in [0.15, 0.2) is 0 Å². The van der Waals surface area contributed by atoms with Crippen molar-refractivity contribution in [1.29, 1.82) is 0 Å². The Morgan fingerprint density at radius 3 is 2.44 bits per heavy atom. The molecule has 0 saturated heterocycles. The van der Waals surface area contributed by atoms with Gasteiger partial charge in [-0.05, 0) is 63.7 Å². The zero-order chi connectivity index (χ0) is 20.4. The topological polar surface area (TPSA) is 108 Å². The molecular formula is C18H26ClN3O4S-2. The lowest BCUT2D eigenvalue weighted by molar-refractivity contribution is 0.295. The summed E-state index contributed by atoms with van der Waals surface area (Å²) in [5.41, 5.74) is 2.07. The molecular weight excluding hydrogens is 390 g/mol. The van der Waals surface area contributed by atoms with Crippen LogP contribution in [0.3, 0.4) is 0 Å². The van der Waals surface area contributed by atoms with Gasteiger partial charge in [0, 0.05) is 38.7 Å². The average Bonchev–Trinajstić information content (AvgIpc) is 2.57. The van der Waals surface area contributed by atoms with Crippen molar-refractivity contribution in [3.8, 4) is 0 Å². The number of pyridine rings is 1. The van der Waals surface area contributed by atoms with E-state index < -0.39 is 10.4 Å². The minimum absolute atomic E-state index is 0.442. The molecule has 1 aromatic heterocycles. The van der Waals surface area contributed by atoms with Crippen molar-refractivity contribution in [1.82, 2.24) is 9.88 Å². The Bertz CT molecular complexity index is 805. The standard InChI is InChI=1S/C18H26ClN3.H2O4S/c1-4-22(5-2)12-6-7-14(3)21-17-10-11-20-18-13-15(19)8-9-16(17)18;1-5(2,3)4/h8-11,13-14H,4-7,12H2,1-3H3,(H,20,21);(H2,1,2,3,4)/p-2. The van der Waals surface area contributed by atoms with Crippen LogP contribution < -0.4 is 5.32 Å². The molecule has 0 aliphatic heterocycles. The van der Waals surface area contributed by atoms with Crippen LogP contribution in [0.4, 0.5) is 5.69 Å². The largest absolute Gasteiger partial charge is 0.759 e. The van der Waals surface area contributed by atoms with Crippen LogP contribution in [0.25, 0.3) is 10.9 Å². The molecule has 0 aliphatic rings. The van der Waals surface area contributed by atoms with Gasteiger partial charge in [-0.25, -0.2) is 0 Å². The molecule has 1 aromatic carbocycles. The number of hydrogen-bond acceptors (Lipinski definition) is 7. The Balaban J connectivity index is 0.000000646. The van der Waals surface area contributed by atoms with Crippen LogP contribution in [0.1, 0.15) is 33.6 Å². The molecule has 152 valence electrons. The average molecular weight is 416 g/mol. The molecule has 0 radical (unpaired) electrons. The number of halogens is 1. The molecule has 0 aliphatic carbocycles. The maximum Gasteiger partial charge on any atom is 0.0737 e. The monoisotopic (exact) mass is 415 g/mol. The molecule has 9 heteroatoms. The highest BCUT2D eigenvalue weighted by Crippen LogP contribution is 2.25. The molecule has 27 heavy (non-hydrogen) atoms. The second kappa shape index (κ2) is 11.4. The second-order valence-electron chi connectivity index (χ2n) is 6.14. The Labute approximate surface area is 166 Å². The van der Waals surface area contributed by atoms with E-state index in [4.69, 9.17) is 29.1 Å². The van der Waals surface area contributed by atoms with E-state index in [-0.39, 0.29) is 0 Å². The molecule has 0 fully saturated rings. The lowest BCUT2D eigenvalue weighted by Crippen LogP contribution is -2.25. The van der Waals surface area contributed by atoms with Gasteiger partial charge in [-0.1, -0.05) is 25.4 Å². The van der Waals surface area contributed by atoms with Gasteiger partial charge < -0.3 is 19.3 Å². The van der Waals surface area contributed by atoms with Gasteiger partial charge in [0.1, 0.15) is 0 Å². The van der Waals surface area contributed by atoms with E-state index in [0.29, 0.717) is 6.04 Å². The molecule has 0 amide bonds. The van der Waals surface area contributed by atoms with Crippen LogP contribution in [-0.2, 0) is 10.4 Å². The number of nitrogens with one attached hydrogen (secondary N) is 1. The van der Waals surface area contributed by atoms with E-state index in [9.17, 15) is 0 Å². The SMILES string of the molecule is CCN(CC)CCCC(C)Nc1ccnc2cc(Cl)ccc12.O=S(=O)([O-])[O-]. The molecule has 1 N–H and O–H groups in total. The quantitative estimate of drug-likeness (QED) is 0.519. The lowest BCUT2D eigenvalue weighted by atomic mass is 10.1. The predicted octanol–water partition coefficient (Wildman–Crippen LogP) is 3.47. The summed E-state index contributed by atoms with van der Waals surface area (Å²) in [7, 11) is -5.17. The maximum atomic E-state index is 8.52. The van der Waals surface area contributed by atoms with Crippen molar-refractivity contribution in [2.45, 2.75) is 39.7 Å². The van der Waals surface area contributed by atoms with Gasteiger partial charge >= 0.3 is 0 Å². The molecule has 2 aromatic rings. The number of rotatable bonds is 8. The third-order valence-corrected chi connectivity index (χ3v) is 4.35. The molecule has 2 rings (SSSR count). The van der Waals surface area contributed by atoms with Crippen LogP contribution in [0, 0.1) is 0 Å². The van der Waals surface area contributed by atoms with Crippen LogP contribution in [-0.4, -0.2) is 53.1 Å². The summed E-state index contributed by atoms with van der Waals surface area (Å²) >= 11 is 6.04. The van der Waals surface area contributed by atoms with E-state index in [1.165, 1.54) is 13.0 Å². The highest BCUT2D eigenvalue weighted by Gasteiger charge is 2.07. The Kier molecular flexibility index (Phi) is 9.97. The number of benzene rings is 1. The van der Waals surface area contributed by atoms with Crippen molar-refractivity contribution >= 4 is 38.6 Å². The van der Waals surface area contributed by atoms with Crippen LogP contribution in [0.15, 0.2) is 30.5 Å². The van der Waals surface area contributed by atoms with E-state index in [1.54, 1.807) is 0 Å². The van der Waals surface area contributed by atoms with Crippen molar-refractivity contribution < 1.29 is 17.5 Å². The lowest BCUT2D eigenvalue weighted by Gasteiger charge is -2.20. The normalized spacial score (nSPS) is 12.6. The fraction of sp³-hybridized carbons (Fsp3) is 0.500. The molecule has 1 unspecified atom stereocenters. The Morgan fingerprint density at radius 2 is 1.85 bits per heavy atom. The highest BCUT2D eigenvalue weighted by molar-refractivity contribution is 7.79. The number of aromatic nitrogens is 1.